The summed E-state index contributed by atoms with van der Waals surface area (Å²) in [5.41, 5.74) is 0.221. The van der Waals surface area contributed by atoms with Crippen LogP contribution in [0.1, 0.15) is 10.5 Å². The molecule has 0 aliphatic heterocycles. The van der Waals surface area contributed by atoms with E-state index < -0.39 is 0 Å². The Balaban J connectivity index is 2.84. The summed E-state index contributed by atoms with van der Waals surface area (Å²) in [7, 11) is 1.51. The first-order valence-electron chi connectivity index (χ1n) is 3.20. The minimum Gasteiger partial charge on any atom is -0.390 e. The Morgan fingerprint density at radius 3 is 2.75 bits per heavy atom. The van der Waals surface area contributed by atoms with Crippen LogP contribution in [0.25, 0.3) is 0 Å². The van der Waals surface area contributed by atoms with Crippen molar-refractivity contribution >= 4 is 5.91 Å². The van der Waals surface area contributed by atoms with Gasteiger partial charge in [-0.05, 0) is 6.07 Å². The molecule has 0 aliphatic carbocycles. The summed E-state index contributed by atoms with van der Waals surface area (Å²) in [6, 6.07) is 2.92. The summed E-state index contributed by atoms with van der Waals surface area (Å²) in [5.74, 6) is 4.67. The number of nitrogens with zero attached hydrogens (tertiary/aromatic N) is 2. The summed E-state index contributed by atoms with van der Waals surface area (Å²) >= 11 is 0. The molecule has 6 heteroatoms. The van der Waals surface area contributed by atoms with Crippen LogP contribution in [0.4, 0.5) is 0 Å². The molecule has 1 aromatic rings. The lowest BCUT2D eigenvalue weighted by Crippen LogP contribution is -2.19. The fourth-order valence-electron chi connectivity index (χ4n) is 0.632. The smallest absolute Gasteiger partial charge is 0.271 e. The van der Waals surface area contributed by atoms with Gasteiger partial charge in [-0.25, -0.2) is 0 Å². The van der Waals surface area contributed by atoms with Gasteiger partial charge in [-0.15, -0.1) is 10.2 Å². The SMILES string of the molecule is CNC(=O)c1ccc(ON)nn1. The van der Waals surface area contributed by atoms with Gasteiger partial charge >= 0.3 is 0 Å². The zero-order valence-electron chi connectivity index (χ0n) is 6.44. The Bertz CT molecular complexity index is 271. The van der Waals surface area contributed by atoms with E-state index in [4.69, 9.17) is 5.90 Å². The van der Waals surface area contributed by atoms with Crippen LogP contribution in [0.15, 0.2) is 12.1 Å². The molecule has 3 N–H and O–H groups in total. The molecule has 1 heterocycles. The van der Waals surface area contributed by atoms with Crippen LogP contribution in [-0.2, 0) is 0 Å². The molecule has 12 heavy (non-hydrogen) atoms. The number of hydrogen-bond donors (Lipinski definition) is 2. The minimum atomic E-state index is -0.300. The quantitative estimate of drug-likeness (QED) is 0.558. The maximum Gasteiger partial charge on any atom is 0.271 e. The summed E-state index contributed by atoms with van der Waals surface area (Å²) in [4.78, 5) is 15.2. The highest BCUT2D eigenvalue weighted by atomic mass is 16.6. The number of aromatic nitrogens is 2. The minimum absolute atomic E-state index is 0.169. The fourth-order valence-corrected chi connectivity index (χ4v) is 0.632. The van der Waals surface area contributed by atoms with Gasteiger partial charge in [-0.3, -0.25) is 4.79 Å². The second kappa shape index (κ2) is 3.63. The van der Waals surface area contributed by atoms with Gasteiger partial charge in [0, 0.05) is 13.1 Å². The lowest BCUT2D eigenvalue weighted by Gasteiger charge is -1.98. The largest absolute Gasteiger partial charge is 0.390 e. The van der Waals surface area contributed by atoms with Gasteiger partial charge in [-0.2, -0.15) is 5.90 Å². The van der Waals surface area contributed by atoms with Gasteiger partial charge in [0.05, 0.1) is 0 Å². The van der Waals surface area contributed by atoms with Gasteiger partial charge in [0.25, 0.3) is 11.8 Å². The van der Waals surface area contributed by atoms with Crippen molar-refractivity contribution in [3.05, 3.63) is 17.8 Å². The fraction of sp³-hybridized carbons (Fsp3) is 0.167. The predicted molar refractivity (Wildman–Crippen MR) is 40.2 cm³/mol. The first-order valence-corrected chi connectivity index (χ1v) is 3.20. The lowest BCUT2D eigenvalue weighted by molar-refractivity contribution is 0.0957. The van der Waals surface area contributed by atoms with Gasteiger partial charge in [0.1, 0.15) is 0 Å². The van der Waals surface area contributed by atoms with Crippen molar-refractivity contribution in [1.82, 2.24) is 15.5 Å². The van der Waals surface area contributed by atoms with Gasteiger partial charge in [0.15, 0.2) is 5.69 Å². The van der Waals surface area contributed by atoms with Crippen molar-refractivity contribution in [2.75, 3.05) is 7.05 Å². The summed E-state index contributed by atoms with van der Waals surface area (Å²) in [5, 5.41) is 9.47. The number of carbonyl (C=O) groups excluding carboxylic acids is 1. The zero-order chi connectivity index (χ0) is 8.97. The molecule has 0 spiro atoms. The second-order valence-corrected chi connectivity index (χ2v) is 1.95. The molecule has 0 aliphatic rings. The molecule has 0 unspecified atom stereocenters. The molecule has 1 aromatic heterocycles. The monoisotopic (exact) mass is 168 g/mol. The Hall–Kier alpha value is -1.69. The van der Waals surface area contributed by atoms with Crippen molar-refractivity contribution in [2.45, 2.75) is 0 Å². The van der Waals surface area contributed by atoms with E-state index in [-0.39, 0.29) is 17.5 Å². The average Bonchev–Trinajstić information content (AvgIpc) is 2.17. The second-order valence-electron chi connectivity index (χ2n) is 1.95. The molecule has 0 aromatic carbocycles. The number of amides is 1. The van der Waals surface area contributed by atoms with E-state index in [1.165, 1.54) is 19.2 Å². The number of nitrogens with one attached hydrogen (secondary N) is 1. The van der Waals surface area contributed by atoms with Crippen LogP contribution < -0.4 is 16.1 Å². The Labute approximate surface area is 68.7 Å². The Morgan fingerprint density at radius 2 is 2.33 bits per heavy atom. The summed E-state index contributed by atoms with van der Waals surface area (Å²) in [6.45, 7) is 0. The topological polar surface area (TPSA) is 90.1 Å². The van der Waals surface area contributed by atoms with Crippen LogP contribution >= 0.6 is 0 Å². The van der Waals surface area contributed by atoms with Gasteiger partial charge < -0.3 is 10.2 Å². The normalized spacial score (nSPS) is 9.17. The van der Waals surface area contributed by atoms with E-state index in [1.807, 2.05) is 0 Å². The molecule has 0 saturated carbocycles. The lowest BCUT2D eigenvalue weighted by atomic mass is 10.4. The predicted octanol–water partition coefficient (Wildman–Crippen LogP) is -0.911. The summed E-state index contributed by atoms with van der Waals surface area (Å²) < 4.78 is 0. The van der Waals surface area contributed by atoms with Crippen LogP contribution in [0.5, 0.6) is 5.88 Å². The summed E-state index contributed by atoms with van der Waals surface area (Å²) in [6.07, 6.45) is 0. The van der Waals surface area contributed by atoms with E-state index in [0.717, 1.165) is 0 Å². The van der Waals surface area contributed by atoms with Crippen LogP contribution in [0, 0.1) is 0 Å². The Morgan fingerprint density at radius 1 is 1.58 bits per heavy atom. The highest BCUT2D eigenvalue weighted by Gasteiger charge is 2.04. The van der Waals surface area contributed by atoms with Crippen LogP contribution in [0.3, 0.4) is 0 Å². The van der Waals surface area contributed by atoms with Gasteiger partial charge in [0.2, 0.25) is 0 Å². The number of hydrogen-bond acceptors (Lipinski definition) is 5. The number of rotatable bonds is 2. The van der Waals surface area contributed by atoms with E-state index in [0.29, 0.717) is 0 Å². The van der Waals surface area contributed by atoms with E-state index in [1.54, 1.807) is 0 Å². The van der Waals surface area contributed by atoms with Crippen molar-refractivity contribution in [1.29, 1.82) is 0 Å². The molecule has 1 amide bonds. The zero-order valence-corrected chi connectivity index (χ0v) is 6.44. The first kappa shape index (κ1) is 8.41. The van der Waals surface area contributed by atoms with Crippen molar-refractivity contribution in [2.24, 2.45) is 5.90 Å². The highest BCUT2D eigenvalue weighted by molar-refractivity contribution is 5.91. The molecular weight excluding hydrogens is 160 g/mol. The molecule has 0 fully saturated rings. The van der Waals surface area contributed by atoms with E-state index in [9.17, 15) is 4.79 Å². The third kappa shape index (κ3) is 1.67. The average molecular weight is 168 g/mol. The van der Waals surface area contributed by atoms with Crippen molar-refractivity contribution < 1.29 is 9.63 Å². The van der Waals surface area contributed by atoms with Crippen LogP contribution in [-0.4, -0.2) is 23.2 Å². The standard InChI is InChI=1S/C6H8N4O2/c1-8-6(11)4-2-3-5(12-7)10-9-4/h2-3H,7H2,1H3,(H,8,11). The third-order valence-electron chi connectivity index (χ3n) is 1.22. The molecular formula is C6H8N4O2. The van der Waals surface area contributed by atoms with Crippen LogP contribution in [0.2, 0.25) is 0 Å². The Kier molecular flexibility index (Phi) is 2.54. The maximum absolute atomic E-state index is 10.9. The maximum atomic E-state index is 10.9. The molecule has 0 radical (unpaired) electrons. The number of carbonyl (C=O) groups is 1. The molecule has 64 valence electrons. The third-order valence-corrected chi connectivity index (χ3v) is 1.22. The molecule has 1 rings (SSSR count). The first-order chi connectivity index (χ1) is 5.77. The molecule has 6 nitrogen and oxygen atoms in total. The highest BCUT2D eigenvalue weighted by Crippen LogP contribution is 2.01. The van der Waals surface area contributed by atoms with Crippen molar-refractivity contribution in [3.8, 4) is 5.88 Å². The van der Waals surface area contributed by atoms with E-state index >= 15 is 0 Å². The van der Waals surface area contributed by atoms with Crippen molar-refractivity contribution in [3.63, 3.8) is 0 Å². The molecule has 0 bridgehead atoms. The van der Waals surface area contributed by atoms with Gasteiger partial charge in [-0.1, -0.05) is 0 Å². The number of nitrogens with two attached hydrogens (primary N) is 1. The molecule has 0 atom stereocenters. The van der Waals surface area contributed by atoms with E-state index in [2.05, 4.69) is 20.4 Å². The molecule has 0 saturated heterocycles.